The fraction of sp³-hybridized carbons (Fsp3) is 0.667. The Bertz CT molecular complexity index is 484. The summed E-state index contributed by atoms with van der Waals surface area (Å²) in [5.41, 5.74) is 7.43. The number of nitrogens with zero attached hydrogens (tertiary/aromatic N) is 1. The molecular formula is C18H28N2O2. The highest BCUT2D eigenvalue weighted by Crippen LogP contribution is 2.37. The van der Waals surface area contributed by atoms with Gasteiger partial charge in [0.1, 0.15) is 13.2 Å². The lowest BCUT2D eigenvalue weighted by molar-refractivity contribution is 0.166. The maximum Gasteiger partial charge on any atom is 0.161 e. The molecule has 1 saturated heterocycles. The highest BCUT2D eigenvalue weighted by atomic mass is 16.6. The van der Waals surface area contributed by atoms with Crippen LogP contribution in [0.5, 0.6) is 11.5 Å². The molecule has 1 aromatic carbocycles. The zero-order chi connectivity index (χ0) is 15.4. The van der Waals surface area contributed by atoms with Crippen molar-refractivity contribution in [2.45, 2.75) is 32.1 Å². The van der Waals surface area contributed by atoms with E-state index in [-0.39, 0.29) is 0 Å². The third kappa shape index (κ3) is 3.39. The van der Waals surface area contributed by atoms with Crippen molar-refractivity contribution in [3.8, 4) is 11.5 Å². The van der Waals surface area contributed by atoms with Gasteiger partial charge in [-0.25, -0.2) is 0 Å². The van der Waals surface area contributed by atoms with Gasteiger partial charge in [0.15, 0.2) is 11.5 Å². The van der Waals surface area contributed by atoms with E-state index in [4.69, 9.17) is 15.2 Å². The van der Waals surface area contributed by atoms with Gasteiger partial charge in [-0.1, -0.05) is 13.0 Å². The molecule has 1 aromatic rings. The zero-order valence-corrected chi connectivity index (χ0v) is 13.6. The number of hydrogen-bond acceptors (Lipinski definition) is 4. The molecule has 0 aromatic heterocycles. The van der Waals surface area contributed by atoms with Gasteiger partial charge in [0.25, 0.3) is 0 Å². The molecule has 0 bridgehead atoms. The van der Waals surface area contributed by atoms with Crippen LogP contribution in [0.3, 0.4) is 0 Å². The van der Waals surface area contributed by atoms with E-state index in [1.54, 1.807) is 0 Å². The molecule has 0 aliphatic carbocycles. The van der Waals surface area contributed by atoms with Gasteiger partial charge in [-0.15, -0.1) is 0 Å². The molecule has 122 valence electrons. The Kier molecular flexibility index (Phi) is 5.21. The van der Waals surface area contributed by atoms with Gasteiger partial charge in [-0.2, -0.15) is 0 Å². The third-order valence-electron chi connectivity index (χ3n) is 4.99. The zero-order valence-electron chi connectivity index (χ0n) is 13.6. The smallest absolute Gasteiger partial charge is 0.161 e. The summed E-state index contributed by atoms with van der Waals surface area (Å²) in [6, 6.07) is 6.35. The van der Waals surface area contributed by atoms with Gasteiger partial charge in [-0.3, -0.25) is 0 Å². The second-order valence-corrected chi connectivity index (χ2v) is 6.42. The molecule has 3 rings (SSSR count). The fourth-order valence-corrected chi connectivity index (χ4v) is 3.79. The van der Waals surface area contributed by atoms with Crippen LogP contribution in [0.4, 0.5) is 0 Å². The molecule has 0 saturated carbocycles. The van der Waals surface area contributed by atoms with Gasteiger partial charge in [-0.05, 0) is 75.0 Å². The number of nitrogens with two attached hydrogens (primary N) is 1. The summed E-state index contributed by atoms with van der Waals surface area (Å²) in [6.45, 7) is 7.88. The number of ether oxygens (including phenoxy) is 2. The first kappa shape index (κ1) is 15.6. The SMILES string of the molecule is CCCN1CCC(C(CN)c2ccc3c(c2)OCCO3)CC1. The fourth-order valence-electron chi connectivity index (χ4n) is 3.79. The van der Waals surface area contributed by atoms with Crippen LogP contribution in [0.2, 0.25) is 0 Å². The van der Waals surface area contributed by atoms with Crippen molar-refractivity contribution < 1.29 is 9.47 Å². The molecular weight excluding hydrogens is 276 g/mol. The van der Waals surface area contributed by atoms with Crippen molar-refractivity contribution in [3.05, 3.63) is 23.8 Å². The lowest BCUT2D eigenvalue weighted by Crippen LogP contribution is -2.37. The Hall–Kier alpha value is -1.26. The minimum Gasteiger partial charge on any atom is -0.486 e. The summed E-state index contributed by atoms with van der Waals surface area (Å²) >= 11 is 0. The monoisotopic (exact) mass is 304 g/mol. The van der Waals surface area contributed by atoms with Crippen molar-refractivity contribution in [2.24, 2.45) is 11.7 Å². The van der Waals surface area contributed by atoms with Crippen molar-refractivity contribution in [1.29, 1.82) is 0 Å². The molecule has 4 heteroatoms. The van der Waals surface area contributed by atoms with Gasteiger partial charge in [0.05, 0.1) is 0 Å². The van der Waals surface area contributed by atoms with Gasteiger partial charge in [0.2, 0.25) is 0 Å². The Morgan fingerprint density at radius 2 is 1.91 bits per heavy atom. The first-order valence-corrected chi connectivity index (χ1v) is 8.63. The van der Waals surface area contributed by atoms with E-state index in [1.807, 2.05) is 6.07 Å². The average molecular weight is 304 g/mol. The van der Waals surface area contributed by atoms with Crippen LogP contribution < -0.4 is 15.2 Å². The molecule has 1 unspecified atom stereocenters. The highest BCUT2D eigenvalue weighted by Gasteiger charge is 2.27. The Morgan fingerprint density at radius 1 is 1.18 bits per heavy atom. The second kappa shape index (κ2) is 7.34. The van der Waals surface area contributed by atoms with E-state index in [9.17, 15) is 0 Å². The summed E-state index contributed by atoms with van der Waals surface area (Å²) in [7, 11) is 0. The summed E-state index contributed by atoms with van der Waals surface area (Å²) in [4.78, 5) is 2.58. The van der Waals surface area contributed by atoms with Crippen LogP contribution in [0.1, 0.15) is 37.7 Å². The van der Waals surface area contributed by atoms with Gasteiger partial charge < -0.3 is 20.1 Å². The summed E-state index contributed by atoms with van der Waals surface area (Å²) in [5, 5.41) is 0. The van der Waals surface area contributed by atoms with E-state index in [2.05, 4.69) is 24.0 Å². The van der Waals surface area contributed by atoms with E-state index in [0.29, 0.717) is 31.6 Å². The van der Waals surface area contributed by atoms with Gasteiger partial charge in [0, 0.05) is 0 Å². The standard InChI is InChI=1S/C18H28N2O2/c1-2-7-20-8-5-14(6-9-20)16(13-19)15-3-4-17-18(12-15)22-11-10-21-17/h3-4,12,14,16H,2,5-11,13,19H2,1H3. The summed E-state index contributed by atoms with van der Waals surface area (Å²) in [5.74, 6) is 2.86. The van der Waals surface area contributed by atoms with Crippen LogP contribution in [-0.2, 0) is 0 Å². The first-order valence-electron chi connectivity index (χ1n) is 8.63. The van der Waals surface area contributed by atoms with E-state index in [1.165, 1.54) is 44.5 Å². The Morgan fingerprint density at radius 3 is 2.59 bits per heavy atom. The van der Waals surface area contributed by atoms with Gasteiger partial charge >= 0.3 is 0 Å². The highest BCUT2D eigenvalue weighted by molar-refractivity contribution is 5.45. The predicted octanol–water partition coefficient (Wildman–Crippen LogP) is 2.62. The predicted molar refractivity (Wildman–Crippen MR) is 88.7 cm³/mol. The number of piperidine rings is 1. The largest absolute Gasteiger partial charge is 0.486 e. The van der Waals surface area contributed by atoms with Crippen molar-refractivity contribution in [3.63, 3.8) is 0 Å². The maximum absolute atomic E-state index is 6.12. The maximum atomic E-state index is 6.12. The van der Waals surface area contributed by atoms with Crippen molar-refractivity contribution in [2.75, 3.05) is 39.4 Å². The molecule has 2 aliphatic rings. The van der Waals surface area contributed by atoms with Crippen LogP contribution >= 0.6 is 0 Å². The molecule has 4 nitrogen and oxygen atoms in total. The first-order chi connectivity index (χ1) is 10.8. The van der Waals surface area contributed by atoms with Crippen molar-refractivity contribution >= 4 is 0 Å². The van der Waals surface area contributed by atoms with Crippen molar-refractivity contribution in [1.82, 2.24) is 4.90 Å². The van der Waals surface area contributed by atoms with E-state index < -0.39 is 0 Å². The quantitative estimate of drug-likeness (QED) is 0.908. The number of hydrogen-bond donors (Lipinski definition) is 1. The Labute approximate surface area is 133 Å². The molecule has 1 fully saturated rings. The Balaban J connectivity index is 1.69. The molecule has 2 heterocycles. The minimum absolute atomic E-state index is 0.430. The lowest BCUT2D eigenvalue weighted by atomic mass is 9.80. The summed E-state index contributed by atoms with van der Waals surface area (Å²) < 4.78 is 11.3. The summed E-state index contributed by atoms with van der Waals surface area (Å²) in [6.07, 6.45) is 3.74. The van der Waals surface area contributed by atoms with E-state index >= 15 is 0 Å². The number of benzene rings is 1. The minimum atomic E-state index is 0.430. The molecule has 0 amide bonds. The second-order valence-electron chi connectivity index (χ2n) is 6.42. The molecule has 22 heavy (non-hydrogen) atoms. The number of likely N-dealkylation sites (tertiary alicyclic amines) is 1. The third-order valence-corrected chi connectivity index (χ3v) is 4.99. The molecule has 2 aliphatic heterocycles. The van der Waals surface area contributed by atoms with Crippen LogP contribution in [0.15, 0.2) is 18.2 Å². The van der Waals surface area contributed by atoms with E-state index in [0.717, 1.165) is 11.5 Å². The number of rotatable bonds is 5. The van der Waals surface area contributed by atoms with Crippen LogP contribution in [-0.4, -0.2) is 44.3 Å². The normalized spacial score (nSPS) is 20.8. The molecule has 2 N–H and O–H groups in total. The topological polar surface area (TPSA) is 47.7 Å². The molecule has 0 radical (unpaired) electrons. The number of fused-ring (bicyclic) bond motifs is 1. The van der Waals surface area contributed by atoms with Crippen LogP contribution in [0.25, 0.3) is 0 Å². The lowest BCUT2D eigenvalue weighted by Gasteiger charge is -2.36. The molecule has 1 atom stereocenters. The molecule has 0 spiro atoms. The van der Waals surface area contributed by atoms with Crippen LogP contribution in [0, 0.1) is 5.92 Å². The average Bonchev–Trinajstić information content (AvgIpc) is 2.57.